The number of hydrogen-bond acceptors (Lipinski definition) is 5. The minimum atomic E-state index is -0.860. The molecule has 0 aromatic heterocycles. The smallest absolute Gasteiger partial charge is 0.305 e. The van der Waals surface area contributed by atoms with Gasteiger partial charge < -0.3 is 20.3 Å². The van der Waals surface area contributed by atoms with Crippen LogP contribution in [0.3, 0.4) is 0 Å². The van der Waals surface area contributed by atoms with Gasteiger partial charge >= 0.3 is 5.97 Å². The van der Waals surface area contributed by atoms with E-state index in [9.17, 15) is 19.8 Å². The van der Waals surface area contributed by atoms with Crippen molar-refractivity contribution in [3.05, 3.63) is 36.5 Å². The molecule has 49 heavy (non-hydrogen) atoms. The monoisotopic (exact) mass is 690 g/mol. The Morgan fingerprint density at radius 1 is 0.551 bits per heavy atom. The van der Waals surface area contributed by atoms with Gasteiger partial charge in [0.15, 0.2) is 0 Å². The van der Waals surface area contributed by atoms with Crippen LogP contribution < -0.4 is 5.32 Å². The molecule has 0 aliphatic heterocycles. The van der Waals surface area contributed by atoms with Gasteiger partial charge in [-0.25, -0.2) is 0 Å². The topological polar surface area (TPSA) is 95.9 Å². The molecule has 2 atom stereocenters. The van der Waals surface area contributed by atoms with Crippen molar-refractivity contribution >= 4 is 11.9 Å². The third-order valence-electron chi connectivity index (χ3n) is 9.13. The summed E-state index contributed by atoms with van der Waals surface area (Å²) in [7, 11) is 0. The van der Waals surface area contributed by atoms with E-state index in [-0.39, 0.29) is 18.5 Å². The zero-order valence-corrected chi connectivity index (χ0v) is 32.2. The second-order valence-corrected chi connectivity index (χ2v) is 14.0. The molecule has 0 spiro atoms. The average Bonchev–Trinajstić information content (AvgIpc) is 3.10. The Balaban J connectivity index is 3.58. The van der Waals surface area contributed by atoms with Crippen LogP contribution >= 0.6 is 0 Å². The minimum Gasteiger partial charge on any atom is -0.466 e. The Morgan fingerprint density at radius 2 is 0.959 bits per heavy atom. The van der Waals surface area contributed by atoms with Crippen molar-refractivity contribution in [1.82, 2.24) is 5.32 Å². The van der Waals surface area contributed by atoms with Crippen molar-refractivity contribution < 1.29 is 24.5 Å². The van der Waals surface area contributed by atoms with Crippen molar-refractivity contribution in [3.63, 3.8) is 0 Å². The van der Waals surface area contributed by atoms with Crippen LogP contribution in [0, 0.1) is 0 Å². The molecule has 0 saturated carbocycles. The van der Waals surface area contributed by atoms with Gasteiger partial charge in [-0.05, 0) is 83.5 Å². The van der Waals surface area contributed by atoms with E-state index in [0.29, 0.717) is 19.4 Å². The maximum absolute atomic E-state index is 12.3. The summed E-state index contributed by atoms with van der Waals surface area (Å²) in [6.45, 7) is 4.74. The van der Waals surface area contributed by atoms with Crippen molar-refractivity contribution in [1.29, 1.82) is 0 Å². The van der Waals surface area contributed by atoms with Gasteiger partial charge in [-0.1, -0.05) is 140 Å². The number of carbonyl (C=O) groups is 2. The molecule has 0 aromatic carbocycles. The normalized spacial score (nSPS) is 13.1. The molecule has 0 bridgehead atoms. The molecule has 0 heterocycles. The van der Waals surface area contributed by atoms with Crippen molar-refractivity contribution in [2.24, 2.45) is 0 Å². The fraction of sp³-hybridized carbons (Fsp3) is 0.814. The first kappa shape index (κ1) is 47.1. The molecule has 6 heteroatoms. The highest BCUT2D eigenvalue weighted by Crippen LogP contribution is 2.12. The number of aliphatic hydroxyl groups is 2. The summed E-state index contributed by atoms with van der Waals surface area (Å²) in [6, 6.07) is -0.646. The molecule has 0 aliphatic carbocycles. The number of rotatable bonds is 37. The molecule has 0 radical (unpaired) electrons. The summed E-state index contributed by atoms with van der Waals surface area (Å²) >= 11 is 0. The van der Waals surface area contributed by atoms with Gasteiger partial charge in [0.25, 0.3) is 0 Å². The summed E-state index contributed by atoms with van der Waals surface area (Å²) in [5.74, 6) is -0.148. The van der Waals surface area contributed by atoms with Gasteiger partial charge in [0, 0.05) is 12.8 Å². The molecular weight excluding hydrogens is 610 g/mol. The summed E-state index contributed by atoms with van der Waals surface area (Å²) in [5.41, 5.74) is 0. The zero-order chi connectivity index (χ0) is 35.9. The molecule has 0 rings (SSSR count). The molecule has 0 fully saturated rings. The Kier molecular flexibility index (Phi) is 37.4. The minimum absolute atomic E-state index is 0.0450. The molecule has 0 saturated heterocycles. The first-order valence-corrected chi connectivity index (χ1v) is 20.8. The summed E-state index contributed by atoms with van der Waals surface area (Å²) < 4.78 is 5.40. The van der Waals surface area contributed by atoms with E-state index < -0.39 is 12.1 Å². The number of allylic oxidation sites excluding steroid dienone is 5. The number of unbranched alkanes of at least 4 members (excludes halogenated alkanes) is 22. The van der Waals surface area contributed by atoms with E-state index in [1.54, 1.807) is 6.08 Å². The number of esters is 1. The Labute approximate surface area is 303 Å². The van der Waals surface area contributed by atoms with Crippen LogP contribution in [0.1, 0.15) is 200 Å². The maximum atomic E-state index is 12.3. The number of ether oxygens (including phenoxy) is 1. The average molecular weight is 690 g/mol. The van der Waals surface area contributed by atoms with Crippen molar-refractivity contribution in [2.75, 3.05) is 13.2 Å². The molecule has 286 valence electrons. The third kappa shape index (κ3) is 35.7. The van der Waals surface area contributed by atoms with Crippen LogP contribution in [0.2, 0.25) is 0 Å². The Bertz CT molecular complexity index is 808. The number of amides is 1. The van der Waals surface area contributed by atoms with Crippen LogP contribution in [0.15, 0.2) is 36.5 Å². The quantitative estimate of drug-likeness (QED) is 0.0343. The van der Waals surface area contributed by atoms with Crippen molar-refractivity contribution in [2.45, 2.75) is 212 Å². The fourth-order valence-electron chi connectivity index (χ4n) is 5.85. The van der Waals surface area contributed by atoms with Crippen LogP contribution in [0.5, 0.6) is 0 Å². The summed E-state index contributed by atoms with van der Waals surface area (Å²) in [5, 5.41) is 22.8. The van der Waals surface area contributed by atoms with Crippen LogP contribution in [0.4, 0.5) is 0 Å². The van der Waals surface area contributed by atoms with Gasteiger partial charge in [-0.3, -0.25) is 9.59 Å². The lowest BCUT2D eigenvalue weighted by Gasteiger charge is -2.20. The Hall–Kier alpha value is -1.92. The van der Waals surface area contributed by atoms with E-state index in [2.05, 4.69) is 43.5 Å². The van der Waals surface area contributed by atoms with E-state index >= 15 is 0 Å². The van der Waals surface area contributed by atoms with Crippen LogP contribution in [-0.4, -0.2) is 47.4 Å². The summed E-state index contributed by atoms with van der Waals surface area (Å²) in [4.78, 5) is 24.2. The lowest BCUT2D eigenvalue weighted by molar-refractivity contribution is -0.143. The van der Waals surface area contributed by atoms with Gasteiger partial charge in [0.05, 0.1) is 25.4 Å². The molecule has 1 amide bonds. The molecule has 0 aromatic rings. The Morgan fingerprint density at radius 3 is 1.49 bits per heavy atom. The second kappa shape index (κ2) is 38.9. The van der Waals surface area contributed by atoms with E-state index in [0.717, 1.165) is 83.5 Å². The SMILES string of the molecule is CCCCC/C=C\CCCCCCCC(=O)OCCCC/C=C\CCCCCCCC(=O)NC(CO)C(O)/C=C/CCCCCCCCC. The standard InChI is InChI=1S/C43H79NO5/c1-3-5-7-9-11-13-14-17-21-25-29-33-37-43(48)49-38-34-30-26-22-18-15-16-20-24-28-32-36-42(47)44-40(39-45)41(46)35-31-27-23-19-12-10-8-6-4-2/h11,13,18,22,31,35,40-41,45-46H,3-10,12,14-17,19-21,23-30,32-34,36-39H2,1-2H3,(H,44,47)/b13-11-,22-18-,35-31+. The van der Waals surface area contributed by atoms with E-state index in [1.807, 2.05) is 6.08 Å². The number of carbonyl (C=O) groups excluding carboxylic acids is 2. The van der Waals surface area contributed by atoms with Gasteiger partial charge in [-0.15, -0.1) is 0 Å². The molecule has 2 unspecified atom stereocenters. The molecule has 6 nitrogen and oxygen atoms in total. The van der Waals surface area contributed by atoms with E-state index in [1.165, 1.54) is 89.9 Å². The number of aliphatic hydroxyl groups excluding tert-OH is 2. The lowest BCUT2D eigenvalue weighted by Crippen LogP contribution is -2.45. The highest BCUT2D eigenvalue weighted by atomic mass is 16.5. The van der Waals surface area contributed by atoms with Crippen LogP contribution in [0.25, 0.3) is 0 Å². The van der Waals surface area contributed by atoms with Gasteiger partial charge in [-0.2, -0.15) is 0 Å². The summed E-state index contributed by atoms with van der Waals surface area (Å²) in [6.07, 6.45) is 44.1. The predicted molar refractivity (Wildman–Crippen MR) is 209 cm³/mol. The molecular formula is C43H79NO5. The lowest BCUT2D eigenvalue weighted by atomic mass is 10.1. The fourth-order valence-corrected chi connectivity index (χ4v) is 5.85. The largest absolute Gasteiger partial charge is 0.466 e. The van der Waals surface area contributed by atoms with E-state index in [4.69, 9.17) is 4.74 Å². The maximum Gasteiger partial charge on any atom is 0.305 e. The predicted octanol–water partition coefficient (Wildman–Crippen LogP) is 11.4. The third-order valence-corrected chi connectivity index (χ3v) is 9.13. The number of nitrogens with one attached hydrogen (secondary N) is 1. The first-order valence-electron chi connectivity index (χ1n) is 20.8. The highest BCUT2D eigenvalue weighted by molar-refractivity contribution is 5.76. The van der Waals surface area contributed by atoms with Crippen molar-refractivity contribution in [3.8, 4) is 0 Å². The van der Waals surface area contributed by atoms with Gasteiger partial charge in [0.2, 0.25) is 5.91 Å². The highest BCUT2D eigenvalue weighted by Gasteiger charge is 2.17. The number of hydrogen-bond donors (Lipinski definition) is 3. The zero-order valence-electron chi connectivity index (χ0n) is 32.2. The second-order valence-electron chi connectivity index (χ2n) is 14.0. The molecule has 0 aliphatic rings. The molecule has 3 N–H and O–H groups in total. The van der Waals surface area contributed by atoms with Crippen LogP contribution in [-0.2, 0) is 14.3 Å². The first-order chi connectivity index (χ1) is 24.0. The van der Waals surface area contributed by atoms with Gasteiger partial charge in [0.1, 0.15) is 0 Å².